The average molecular weight is 1130 g/mol. The van der Waals surface area contributed by atoms with Crippen molar-refractivity contribution in [3.05, 3.63) is 156 Å². The van der Waals surface area contributed by atoms with Gasteiger partial charge in [-0.2, -0.15) is 0 Å². The summed E-state index contributed by atoms with van der Waals surface area (Å²) in [5.74, 6) is -1.63. The highest BCUT2D eigenvalue weighted by molar-refractivity contribution is 5.99. The molecule has 440 valence electrons. The lowest BCUT2D eigenvalue weighted by molar-refractivity contribution is -0.202. The Labute approximate surface area is 487 Å². The third kappa shape index (κ3) is 12.8. The van der Waals surface area contributed by atoms with Crippen molar-refractivity contribution in [2.24, 2.45) is 46.3 Å². The number of nitrogens with zero attached hydrogens (tertiary/aromatic N) is 3. The normalized spacial score (nSPS) is 29.1. The number of aliphatic hydroxyl groups is 3. The predicted octanol–water partition coefficient (Wildman–Crippen LogP) is 9.17. The van der Waals surface area contributed by atoms with Gasteiger partial charge in [0, 0.05) is 62.0 Å². The minimum absolute atomic E-state index is 0.0537. The number of amides is 4. The van der Waals surface area contributed by atoms with Crippen LogP contribution in [-0.2, 0) is 30.4 Å². The van der Waals surface area contributed by atoms with Crippen molar-refractivity contribution in [3.63, 3.8) is 0 Å². The molecule has 16 heteroatoms. The van der Waals surface area contributed by atoms with Crippen LogP contribution in [0.15, 0.2) is 134 Å². The summed E-state index contributed by atoms with van der Waals surface area (Å²) in [6.07, 6.45) is 8.15. The number of hydrogen-bond acceptors (Lipinski definition) is 11. The van der Waals surface area contributed by atoms with Crippen molar-refractivity contribution >= 4 is 41.1 Å². The standard InChI is InChI=1S/C67H83N7O9/c1-41(26-31-59(79)80)47-27-28-48-60-49(40-55(76)67(47,48)3)66(2)33-32-45(38-44(66)39-54(60)75)70-57(77)29-30-58(78)71-52(37-42-17-6-4-7-18-42)65(83)74-36-16-24-53(74)64(82)72-50-22-11-10-21-46(50)62(73-56-25-13-15-35-69-56)61(51-23-12-14-34-68-51)63(81)43-19-8-5-9-20-43/h4-15,17-23,25,34-35,41,44-45,47-49,52-55,60-63,75-76,81H,16,24,26-33,36-40H2,1-3H3,(H,69,73)(H,70,77)(H,71,78)(H,72,82)(H,79,80)/t41?,44-,45-,47?,48-,49-,52-,53-,54+,55-,60-,61+,62-,63-,66-,67+/m0/s1. The van der Waals surface area contributed by atoms with Gasteiger partial charge in [-0.05, 0) is 158 Å². The van der Waals surface area contributed by atoms with E-state index in [0.717, 1.165) is 31.2 Å². The maximum absolute atomic E-state index is 14.9. The van der Waals surface area contributed by atoms with Gasteiger partial charge in [0.1, 0.15) is 17.9 Å². The number of aliphatic carboxylic acids is 1. The van der Waals surface area contributed by atoms with Gasteiger partial charge in [-0.3, -0.25) is 29.0 Å². The van der Waals surface area contributed by atoms with Crippen LogP contribution in [0.2, 0.25) is 0 Å². The molecule has 0 radical (unpaired) electrons. The van der Waals surface area contributed by atoms with E-state index in [-0.39, 0.29) is 84.0 Å². The number of aromatic nitrogens is 2. The van der Waals surface area contributed by atoms with E-state index in [1.54, 1.807) is 23.4 Å². The molecule has 16 atom stereocenters. The van der Waals surface area contributed by atoms with Crippen LogP contribution in [0.3, 0.4) is 0 Å². The van der Waals surface area contributed by atoms with Crippen molar-refractivity contribution in [2.45, 2.75) is 159 Å². The highest BCUT2D eigenvalue weighted by atomic mass is 16.4. The number of likely N-dealkylation sites (tertiary alicyclic amines) is 1. The van der Waals surface area contributed by atoms with E-state index < -0.39 is 66.0 Å². The van der Waals surface area contributed by atoms with Crippen LogP contribution in [0, 0.1) is 46.3 Å². The van der Waals surface area contributed by atoms with E-state index >= 15 is 0 Å². The summed E-state index contributed by atoms with van der Waals surface area (Å²) in [5.41, 5.74) is 2.74. The fourth-order valence-corrected chi connectivity index (χ4v) is 16.2. The first-order valence-electron chi connectivity index (χ1n) is 30.3. The zero-order valence-corrected chi connectivity index (χ0v) is 48.1. The van der Waals surface area contributed by atoms with Crippen LogP contribution < -0.4 is 21.3 Å². The third-order valence-corrected chi connectivity index (χ3v) is 20.5. The second-order valence-electron chi connectivity index (χ2n) is 25.1. The molecule has 3 aromatic carbocycles. The predicted molar refractivity (Wildman–Crippen MR) is 316 cm³/mol. The van der Waals surface area contributed by atoms with Gasteiger partial charge >= 0.3 is 5.97 Å². The Morgan fingerprint density at radius 1 is 0.747 bits per heavy atom. The van der Waals surface area contributed by atoms with Crippen molar-refractivity contribution in [3.8, 4) is 0 Å². The smallest absolute Gasteiger partial charge is 0.303 e. The van der Waals surface area contributed by atoms with Crippen LogP contribution in [0.5, 0.6) is 0 Å². The lowest BCUT2D eigenvalue weighted by Crippen LogP contribution is -2.63. The number of carboxylic acid groups (broad SMARTS) is 1. The Hall–Kier alpha value is -7.01. The lowest BCUT2D eigenvalue weighted by atomic mass is 9.43. The first-order chi connectivity index (χ1) is 40.0. The van der Waals surface area contributed by atoms with Crippen LogP contribution in [-0.4, -0.2) is 102 Å². The number of anilines is 2. The van der Waals surface area contributed by atoms with Gasteiger partial charge in [0.15, 0.2) is 0 Å². The second-order valence-corrected chi connectivity index (χ2v) is 25.1. The molecule has 2 aromatic heterocycles. The summed E-state index contributed by atoms with van der Waals surface area (Å²) < 4.78 is 0. The Kier molecular flexibility index (Phi) is 18.4. The Morgan fingerprint density at radius 2 is 1.45 bits per heavy atom. The molecular formula is C67H83N7O9. The van der Waals surface area contributed by atoms with Gasteiger partial charge in [-0.1, -0.05) is 112 Å². The molecule has 2 unspecified atom stereocenters. The Balaban J connectivity index is 0.790. The molecule has 1 saturated heterocycles. The summed E-state index contributed by atoms with van der Waals surface area (Å²) in [5, 5.41) is 58.7. The Morgan fingerprint density at radius 3 is 2.17 bits per heavy atom. The largest absolute Gasteiger partial charge is 0.481 e. The number of nitrogens with one attached hydrogen (secondary N) is 4. The molecule has 4 aliphatic carbocycles. The molecule has 4 saturated carbocycles. The fourth-order valence-electron chi connectivity index (χ4n) is 16.2. The molecule has 3 heterocycles. The molecule has 10 rings (SSSR count). The third-order valence-electron chi connectivity index (χ3n) is 20.5. The maximum Gasteiger partial charge on any atom is 0.303 e. The zero-order valence-electron chi connectivity index (χ0n) is 48.1. The van der Waals surface area contributed by atoms with E-state index in [4.69, 9.17) is 4.98 Å². The number of benzene rings is 3. The Bertz CT molecular complexity index is 3030. The number of aliphatic hydroxyl groups excluding tert-OH is 3. The molecular weight excluding hydrogens is 1050 g/mol. The lowest BCUT2D eigenvalue weighted by Gasteiger charge is -2.63. The van der Waals surface area contributed by atoms with Crippen LogP contribution in [0.4, 0.5) is 11.5 Å². The van der Waals surface area contributed by atoms with Crippen molar-refractivity contribution < 1.29 is 44.4 Å². The number of fused-ring (bicyclic) bond motifs is 5. The molecule has 0 bridgehead atoms. The molecule has 0 spiro atoms. The first-order valence-corrected chi connectivity index (χ1v) is 30.3. The van der Waals surface area contributed by atoms with Gasteiger partial charge in [0.25, 0.3) is 0 Å². The van der Waals surface area contributed by atoms with Gasteiger partial charge < -0.3 is 46.6 Å². The summed E-state index contributed by atoms with van der Waals surface area (Å²) in [6, 6.07) is 34.5. The number of pyridine rings is 2. The summed E-state index contributed by atoms with van der Waals surface area (Å²) >= 11 is 0. The quantitative estimate of drug-likeness (QED) is 0.0343. The van der Waals surface area contributed by atoms with Crippen molar-refractivity contribution in [2.75, 3.05) is 17.2 Å². The molecule has 4 amide bonds. The SMILES string of the molecule is CC(CCC(=O)O)C1CC[C@H]2[C@@H]3[C@H](O)C[C@@H]4C[C@@H](NC(=O)CCC(=O)N[C@@H](Cc5ccccc5)C(=O)N5CCC[C@H]5C(=O)Nc5ccccc5[C@H](Nc5ccccn5)[C@@H](c5ccccn5)[C@@H](O)c5ccccc5)CC[C@]4(C)[C@H]3C[C@H](O)[C@]12C. The summed E-state index contributed by atoms with van der Waals surface area (Å²) in [4.78, 5) is 79.6. The van der Waals surface area contributed by atoms with E-state index in [9.17, 15) is 44.4 Å². The molecule has 5 aliphatic rings. The van der Waals surface area contributed by atoms with Crippen LogP contribution in [0.25, 0.3) is 0 Å². The zero-order chi connectivity index (χ0) is 58.4. The summed E-state index contributed by atoms with van der Waals surface area (Å²) in [6.45, 7) is 6.93. The molecule has 16 nitrogen and oxygen atoms in total. The molecule has 83 heavy (non-hydrogen) atoms. The van der Waals surface area contributed by atoms with Gasteiger partial charge in [0.2, 0.25) is 23.6 Å². The number of carbonyl (C=O) groups excluding carboxylic acids is 4. The maximum atomic E-state index is 14.9. The first kappa shape index (κ1) is 59.2. The topological polar surface area (TPSA) is 243 Å². The fraction of sp³-hybridized carbons (Fsp3) is 0.507. The minimum atomic E-state index is -1.04. The monoisotopic (exact) mass is 1130 g/mol. The highest BCUT2D eigenvalue weighted by Crippen LogP contribution is 2.68. The van der Waals surface area contributed by atoms with E-state index in [1.807, 2.05) is 115 Å². The van der Waals surface area contributed by atoms with Gasteiger partial charge in [0.05, 0.1) is 30.3 Å². The molecule has 8 N–H and O–H groups in total. The van der Waals surface area contributed by atoms with E-state index in [0.29, 0.717) is 73.4 Å². The number of rotatable bonds is 21. The number of carboxylic acids is 1. The van der Waals surface area contributed by atoms with Gasteiger partial charge in [-0.15, -0.1) is 0 Å². The molecule has 5 aromatic rings. The van der Waals surface area contributed by atoms with Crippen LogP contribution in [0.1, 0.15) is 145 Å². The minimum Gasteiger partial charge on any atom is -0.481 e. The van der Waals surface area contributed by atoms with Crippen molar-refractivity contribution in [1.82, 2.24) is 25.5 Å². The van der Waals surface area contributed by atoms with Crippen molar-refractivity contribution in [1.29, 1.82) is 0 Å². The molecule has 5 fully saturated rings. The number of carbonyl (C=O) groups is 5. The highest BCUT2D eigenvalue weighted by Gasteiger charge is 2.66. The van der Waals surface area contributed by atoms with Gasteiger partial charge in [-0.25, -0.2) is 4.98 Å². The van der Waals surface area contributed by atoms with E-state index in [2.05, 4.69) is 47.0 Å². The number of hydrogen-bond donors (Lipinski definition) is 8. The van der Waals surface area contributed by atoms with E-state index in [1.165, 1.54) is 0 Å². The summed E-state index contributed by atoms with van der Waals surface area (Å²) in [7, 11) is 0. The second kappa shape index (κ2) is 25.9. The van der Waals surface area contributed by atoms with Crippen LogP contribution >= 0.6 is 0 Å². The average Bonchev–Trinajstić information content (AvgIpc) is 3.87. The number of para-hydroxylation sites is 1. The molecule has 1 aliphatic heterocycles.